The molecule has 2 N–H and O–H groups in total. The lowest BCUT2D eigenvalue weighted by Crippen LogP contribution is -2.52. The summed E-state index contributed by atoms with van der Waals surface area (Å²) in [4.78, 5) is 54.2. The fourth-order valence-electron chi connectivity index (χ4n) is 5.24. The molecule has 2 amide bonds. The molecule has 0 saturated heterocycles. The highest BCUT2D eigenvalue weighted by Gasteiger charge is 2.36. The van der Waals surface area contributed by atoms with Crippen LogP contribution >= 0.6 is 0 Å². The van der Waals surface area contributed by atoms with E-state index in [-0.39, 0.29) is 29.7 Å². The van der Waals surface area contributed by atoms with E-state index >= 15 is 0 Å². The van der Waals surface area contributed by atoms with E-state index < -0.39 is 23.5 Å². The van der Waals surface area contributed by atoms with Crippen LogP contribution < -0.4 is 16.4 Å². The number of rotatable bonds is 12. The lowest BCUT2D eigenvalue weighted by molar-refractivity contribution is -0.127. The SMILES string of the molecule is CC(C)CC(NC(=O)[C@@H]1CCCC[C@@H]1NC(=O)c1cccc(CN(C)C)c1)C(=O)c1nn(CC2CC2)c(=O)o1. The van der Waals surface area contributed by atoms with Crippen molar-refractivity contribution in [3.8, 4) is 0 Å². The first kappa shape index (κ1) is 28.7. The van der Waals surface area contributed by atoms with Gasteiger partial charge in [0.15, 0.2) is 0 Å². The summed E-state index contributed by atoms with van der Waals surface area (Å²) in [7, 11) is 3.95. The summed E-state index contributed by atoms with van der Waals surface area (Å²) in [5.41, 5.74) is 1.59. The zero-order chi connectivity index (χ0) is 28.1. The first-order chi connectivity index (χ1) is 18.6. The van der Waals surface area contributed by atoms with E-state index in [1.165, 1.54) is 4.68 Å². The van der Waals surface area contributed by atoms with Crippen LogP contribution in [0.15, 0.2) is 33.5 Å². The normalized spacial score (nSPS) is 20.2. The van der Waals surface area contributed by atoms with E-state index in [0.29, 0.717) is 37.3 Å². The van der Waals surface area contributed by atoms with Crippen molar-refractivity contribution in [3.63, 3.8) is 0 Å². The maximum Gasteiger partial charge on any atom is 0.437 e. The molecule has 0 radical (unpaired) electrons. The van der Waals surface area contributed by atoms with Crippen LogP contribution in [0.4, 0.5) is 0 Å². The van der Waals surface area contributed by atoms with Crippen molar-refractivity contribution >= 4 is 17.6 Å². The Hall–Kier alpha value is -3.27. The molecule has 1 aromatic carbocycles. The quantitative estimate of drug-likeness (QED) is 0.397. The van der Waals surface area contributed by atoms with Gasteiger partial charge in [0.25, 0.3) is 11.8 Å². The molecule has 2 aliphatic rings. The number of carbonyl (C=O) groups excluding carboxylic acids is 3. The molecule has 0 spiro atoms. The van der Waals surface area contributed by atoms with E-state index in [9.17, 15) is 19.2 Å². The van der Waals surface area contributed by atoms with Crippen molar-refractivity contribution in [3.05, 3.63) is 51.8 Å². The lowest BCUT2D eigenvalue weighted by Gasteiger charge is -2.32. The van der Waals surface area contributed by atoms with E-state index in [4.69, 9.17) is 4.42 Å². The van der Waals surface area contributed by atoms with Gasteiger partial charge in [0, 0.05) is 18.2 Å². The number of ketones is 1. The number of nitrogens with zero attached hydrogens (tertiary/aromatic N) is 3. The number of Topliss-reactive ketones (excluding diaryl/α,β-unsaturated/α-hetero) is 1. The third-order valence-electron chi connectivity index (χ3n) is 7.39. The molecule has 1 unspecified atom stereocenters. The molecule has 4 rings (SSSR count). The molecule has 2 saturated carbocycles. The molecule has 2 aliphatic carbocycles. The summed E-state index contributed by atoms with van der Waals surface area (Å²) >= 11 is 0. The monoisotopic (exact) mass is 539 g/mol. The van der Waals surface area contributed by atoms with Crippen LogP contribution in [-0.2, 0) is 17.9 Å². The summed E-state index contributed by atoms with van der Waals surface area (Å²) in [5, 5.41) is 10.1. The zero-order valence-electron chi connectivity index (χ0n) is 23.4. The molecule has 0 bridgehead atoms. The van der Waals surface area contributed by atoms with Crippen molar-refractivity contribution in [2.45, 2.75) is 84.0 Å². The highest BCUT2D eigenvalue weighted by atomic mass is 16.4. The maximum atomic E-state index is 13.5. The number of carbonyl (C=O) groups is 3. The molecule has 212 valence electrons. The largest absolute Gasteiger partial charge is 0.437 e. The number of aromatic nitrogens is 2. The predicted molar refractivity (Wildman–Crippen MR) is 146 cm³/mol. The minimum absolute atomic E-state index is 0.107. The smallest absolute Gasteiger partial charge is 0.384 e. The summed E-state index contributed by atoms with van der Waals surface area (Å²) < 4.78 is 6.39. The molecule has 0 aliphatic heterocycles. The predicted octanol–water partition coefficient (Wildman–Crippen LogP) is 3.01. The average molecular weight is 540 g/mol. The number of benzene rings is 1. The molecule has 1 heterocycles. The fraction of sp³-hybridized carbons (Fsp3) is 0.621. The van der Waals surface area contributed by atoms with Crippen molar-refractivity contribution in [2.75, 3.05) is 14.1 Å². The molecule has 1 aromatic heterocycles. The van der Waals surface area contributed by atoms with E-state index in [0.717, 1.165) is 37.8 Å². The highest BCUT2D eigenvalue weighted by Crippen LogP contribution is 2.30. The Labute approximate surface area is 229 Å². The summed E-state index contributed by atoms with van der Waals surface area (Å²) in [6.45, 7) is 5.09. The molecule has 2 aromatic rings. The second-order valence-corrected chi connectivity index (χ2v) is 11.8. The van der Waals surface area contributed by atoms with Gasteiger partial charge in [-0.1, -0.05) is 38.8 Å². The van der Waals surface area contributed by atoms with Gasteiger partial charge >= 0.3 is 5.76 Å². The number of amides is 2. The Kier molecular flexibility index (Phi) is 9.37. The lowest BCUT2D eigenvalue weighted by atomic mass is 9.83. The topological polar surface area (TPSA) is 127 Å². The van der Waals surface area contributed by atoms with Crippen molar-refractivity contribution in [1.29, 1.82) is 0 Å². The van der Waals surface area contributed by atoms with Crippen LogP contribution in [0.2, 0.25) is 0 Å². The zero-order valence-corrected chi connectivity index (χ0v) is 23.4. The second kappa shape index (κ2) is 12.7. The minimum atomic E-state index is -0.870. The first-order valence-corrected chi connectivity index (χ1v) is 14.1. The van der Waals surface area contributed by atoms with Crippen LogP contribution in [-0.4, -0.2) is 58.5 Å². The summed E-state index contributed by atoms with van der Waals surface area (Å²) in [6.07, 6.45) is 5.53. The molecular weight excluding hydrogens is 498 g/mol. The van der Waals surface area contributed by atoms with Gasteiger partial charge in [-0.15, -0.1) is 5.10 Å². The van der Waals surface area contributed by atoms with Gasteiger partial charge in [0.05, 0.1) is 18.5 Å². The Bertz CT molecular complexity index is 1230. The Balaban J connectivity index is 1.45. The van der Waals surface area contributed by atoms with Crippen molar-refractivity contribution in [1.82, 2.24) is 25.3 Å². The van der Waals surface area contributed by atoms with Gasteiger partial charge in [0.1, 0.15) is 0 Å². The van der Waals surface area contributed by atoms with Gasteiger partial charge in [-0.25, -0.2) is 4.79 Å². The average Bonchev–Trinajstić information content (AvgIpc) is 3.63. The van der Waals surface area contributed by atoms with E-state index in [1.54, 1.807) is 6.07 Å². The second-order valence-electron chi connectivity index (χ2n) is 11.8. The third kappa shape index (κ3) is 7.88. The number of nitrogens with one attached hydrogen (secondary N) is 2. The Morgan fingerprint density at radius 2 is 1.87 bits per heavy atom. The van der Waals surface area contributed by atoms with Gasteiger partial charge in [0.2, 0.25) is 11.7 Å². The van der Waals surface area contributed by atoms with Gasteiger partial charge in [-0.3, -0.25) is 14.4 Å². The molecule has 3 atom stereocenters. The molecule has 39 heavy (non-hydrogen) atoms. The molecule has 2 fully saturated rings. The fourth-order valence-corrected chi connectivity index (χ4v) is 5.24. The molecule has 10 heteroatoms. The Morgan fingerprint density at radius 3 is 2.56 bits per heavy atom. The minimum Gasteiger partial charge on any atom is -0.384 e. The van der Waals surface area contributed by atoms with Gasteiger partial charge in [-0.05, 0) is 75.7 Å². The van der Waals surface area contributed by atoms with Gasteiger partial charge in [-0.2, -0.15) is 4.68 Å². The number of hydrogen-bond donors (Lipinski definition) is 2. The first-order valence-electron chi connectivity index (χ1n) is 14.1. The third-order valence-corrected chi connectivity index (χ3v) is 7.39. The van der Waals surface area contributed by atoms with Crippen molar-refractivity contribution < 1.29 is 18.8 Å². The summed E-state index contributed by atoms with van der Waals surface area (Å²) in [5.74, 6) is -1.86. The van der Waals surface area contributed by atoms with Gasteiger partial charge < -0.3 is 20.0 Å². The standard InChI is InChI=1S/C29H41N5O5/c1-18(2)14-24(25(35)28-32-34(29(38)39-28)17-19-12-13-19)31-27(37)22-10-5-6-11-23(22)30-26(36)21-9-7-8-20(15-21)16-33(3)4/h7-9,15,18-19,22-24H,5-6,10-14,16-17H2,1-4H3,(H,30,36)(H,31,37)/t22-,23+,24?/m1/s1. The van der Waals surface area contributed by atoms with Crippen LogP contribution in [0.1, 0.15) is 85.4 Å². The Morgan fingerprint density at radius 1 is 1.13 bits per heavy atom. The maximum absolute atomic E-state index is 13.5. The summed E-state index contributed by atoms with van der Waals surface area (Å²) in [6, 6.07) is 6.29. The highest BCUT2D eigenvalue weighted by molar-refractivity contribution is 5.99. The molecular formula is C29H41N5O5. The van der Waals surface area contributed by atoms with Crippen LogP contribution in [0.5, 0.6) is 0 Å². The van der Waals surface area contributed by atoms with Crippen LogP contribution in [0, 0.1) is 17.8 Å². The number of hydrogen-bond acceptors (Lipinski definition) is 7. The van der Waals surface area contributed by atoms with Crippen LogP contribution in [0.25, 0.3) is 0 Å². The van der Waals surface area contributed by atoms with Crippen molar-refractivity contribution in [2.24, 2.45) is 17.8 Å². The van der Waals surface area contributed by atoms with E-state index in [2.05, 4.69) is 15.7 Å². The molecule has 10 nitrogen and oxygen atoms in total. The van der Waals surface area contributed by atoms with Crippen LogP contribution in [0.3, 0.4) is 0 Å². The van der Waals surface area contributed by atoms with E-state index in [1.807, 2.05) is 51.0 Å².